The van der Waals surface area contributed by atoms with Gasteiger partial charge in [-0.05, 0) is 19.3 Å². The number of imidazole rings is 1. The fourth-order valence-corrected chi connectivity index (χ4v) is 2.98. The van der Waals surface area contributed by atoms with Crippen LogP contribution >= 0.6 is 0 Å². The van der Waals surface area contributed by atoms with Crippen LogP contribution in [-0.2, 0) is 27.4 Å². The predicted molar refractivity (Wildman–Crippen MR) is 80.6 cm³/mol. The molecule has 0 unspecified atom stereocenters. The van der Waals surface area contributed by atoms with Crippen LogP contribution in [0.25, 0.3) is 0 Å². The summed E-state index contributed by atoms with van der Waals surface area (Å²) in [6.07, 6.45) is 4.81. The molecule has 0 aliphatic carbocycles. The van der Waals surface area contributed by atoms with E-state index < -0.39 is 5.91 Å². The van der Waals surface area contributed by atoms with Crippen LogP contribution in [0, 0.1) is 0 Å². The van der Waals surface area contributed by atoms with E-state index in [1.807, 2.05) is 0 Å². The van der Waals surface area contributed by atoms with Gasteiger partial charge in [0.15, 0.2) is 0 Å². The molecule has 1 aromatic rings. The number of amides is 2. The number of primary amides is 1. The first-order chi connectivity index (χ1) is 11.1. The number of rotatable bonds is 5. The van der Waals surface area contributed by atoms with E-state index in [1.165, 1.54) is 6.20 Å². The summed E-state index contributed by atoms with van der Waals surface area (Å²) in [5, 5.41) is 0. The molecule has 1 aromatic heterocycles. The zero-order chi connectivity index (χ0) is 16.2. The maximum absolute atomic E-state index is 12.2. The predicted octanol–water partition coefficient (Wildman–Crippen LogP) is -0.0901. The second kappa shape index (κ2) is 7.10. The van der Waals surface area contributed by atoms with Crippen molar-refractivity contribution in [1.82, 2.24) is 14.5 Å². The van der Waals surface area contributed by atoms with Gasteiger partial charge in [-0.15, -0.1) is 0 Å². The van der Waals surface area contributed by atoms with Crippen LogP contribution in [-0.4, -0.2) is 58.7 Å². The second-order valence-corrected chi connectivity index (χ2v) is 5.89. The Morgan fingerprint density at radius 3 is 3.00 bits per heavy atom. The molecule has 1 saturated heterocycles. The van der Waals surface area contributed by atoms with Gasteiger partial charge in [-0.1, -0.05) is 0 Å². The highest BCUT2D eigenvalue weighted by Gasteiger charge is 2.25. The Morgan fingerprint density at radius 1 is 1.39 bits per heavy atom. The number of hydrogen-bond acceptors (Lipinski definition) is 5. The molecule has 8 nitrogen and oxygen atoms in total. The number of nitrogens with zero attached hydrogens (tertiary/aromatic N) is 3. The van der Waals surface area contributed by atoms with Crippen molar-refractivity contribution in [2.75, 3.05) is 26.4 Å². The summed E-state index contributed by atoms with van der Waals surface area (Å²) >= 11 is 0. The lowest BCUT2D eigenvalue weighted by atomic mass is 10.1. The third-order valence-electron chi connectivity index (χ3n) is 4.27. The van der Waals surface area contributed by atoms with Crippen molar-refractivity contribution in [3.8, 4) is 0 Å². The van der Waals surface area contributed by atoms with Crippen molar-refractivity contribution < 1.29 is 19.1 Å². The lowest BCUT2D eigenvalue weighted by Crippen LogP contribution is -2.41. The molecule has 1 atom stereocenters. The van der Waals surface area contributed by atoms with Gasteiger partial charge in [0.2, 0.25) is 5.91 Å². The number of hydrogen-bond donors (Lipinski definition) is 1. The molecule has 2 aliphatic rings. The molecule has 0 aromatic carbocycles. The largest absolute Gasteiger partial charge is 0.376 e. The number of aromatic nitrogens is 2. The number of carbonyl (C=O) groups excluding carboxylic acids is 2. The van der Waals surface area contributed by atoms with Gasteiger partial charge in [-0.25, -0.2) is 4.98 Å². The van der Waals surface area contributed by atoms with Gasteiger partial charge in [0.05, 0.1) is 25.5 Å². The summed E-state index contributed by atoms with van der Waals surface area (Å²) in [7, 11) is 0. The van der Waals surface area contributed by atoms with Crippen molar-refractivity contribution in [2.24, 2.45) is 5.73 Å². The van der Waals surface area contributed by atoms with Gasteiger partial charge >= 0.3 is 0 Å². The van der Waals surface area contributed by atoms with Crippen molar-refractivity contribution in [3.63, 3.8) is 0 Å². The van der Waals surface area contributed by atoms with E-state index in [1.54, 1.807) is 9.47 Å². The van der Waals surface area contributed by atoms with Gasteiger partial charge in [-0.2, -0.15) is 0 Å². The quantitative estimate of drug-likeness (QED) is 0.816. The highest BCUT2D eigenvalue weighted by atomic mass is 16.5. The van der Waals surface area contributed by atoms with E-state index >= 15 is 0 Å². The Labute approximate surface area is 134 Å². The summed E-state index contributed by atoms with van der Waals surface area (Å²) < 4.78 is 12.8. The second-order valence-electron chi connectivity index (χ2n) is 5.89. The van der Waals surface area contributed by atoms with E-state index in [0.29, 0.717) is 37.8 Å². The van der Waals surface area contributed by atoms with Gasteiger partial charge in [0.1, 0.15) is 18.1 Å². The zero-order valence-electron chi connectivity index (χ0n) is 13.1. The molecule has 0 saturated carbocycles. The third kappa shape index (κ3) is 3.70. The molecule has 126 valence electrons. The smallest absolute Gasteiger partial charge is 0.266 e. The van der Waals surface area contributed by atoms with Crippen LogP contribution in [0.15, 0.2) is 6.20 Å². The van der Waals surface area contributed by atoms with Gasteiger partial charge in [0, 0.05) is 19.7 Å². The number of fused-ring (bicyclic) bond motifs is 1. The molecule has 0 bridgehead atoms. The lowest BCUT2D eigenvalue weighted by molar-refractivity contribution is -0.139. The zero-order valence-corrected chi connectivity index (χ0v) is 13.1. The van der Waals surface area contributed by atoms with Crippen LogP contribution in [0.4, 0.5) is 0 Å². The fraction of sp³-hybridized carbons (Fsp3) is 0.667. The Morgan fingerprint density at radius 2 is 2.26 bits per heavy atom. The number of ether oxygens (including phenoxy) is 2. The molecule has 2 N–H and O–H groups in total. The van der Waals surface area contributed by atoms with Gasteiger partial charge in [0.25, 0.3) is 5.91 Å². The lowest BCUT2D eigenvalue weighted by Gasteiger charge is -2.28. The minimum Gasteiger partial charge on any atom is -0.376 e. The maximum Gasteiger partial charge on any atom is 0.266 e. The fourth-order valence-electron chi connectivity index (χ4n) is 2.98. The standard InChI is InChI=1S/C15H22N4O4/c16-15(21)12-7-17-13-8-18(4-5-19(12)13)14(20)10-22-9-11-3-1-2-6-23-11/h7,11H,1-6,8-10H2,(H2,16,21)/t11-/m0/s1. The van der Waals surface area contributed by atoms with Crippen LogP contribution in [0.5, 0.6) is 0 Å². The molecule has 8 heteroatoms. The maximum atomic E-state index is 12.2. The van der Waals surface area contributed by atoms with Crippen molar-refractivity contribution in [3.05, 3.63) is 17.7 Å². The molecular formula is C15H22N4O4. The molecular weight excluding hydrogens is 300 g/mol. The average Bonchev–Trinajstić information content (AvgIpc) is 2.99. The molecule has 2 amide bonds. The Hall–Kier alpha value is -1.93. The summed E-state index contributed by atoms with van der Waals surface area (Å²) in [4.78, 5) is 29.4. The van der Waals surface area contributed by atoms with E-state index in [-0.39, 0.29) is 18.6 Å². The average molecular weight is 322 g/mol. The molecule has 2 aliphatic heterocycles. The summed E-state index contributed by atoms with van der Waals surface area (Å²) in [5.74, 6) is 0.101. The normalized spacial score (nSPS) is 21.0. The van der Waals surface area contributed by atoms with Crippen LogP contribution in [0.3, 0.4) is 0 Å². The van der Waals surface area contributed by atoms with Gasteiger partial charge in [-0.3, -0.25) is 9.59 Å². The molecule has 23 heavy (non-hydrogen) atoms. The minimum absolute atomic E-state index is 0.0449. The summed E-state index contributed by atoms with van der Waals surface area (Å²) in [5.41, 5.74) is 5.69. The molecule has 0 spiro atoms. The van der Waals surface area contributed by atoms with Crippen LogP contribution in [0.2, 0.25) is 0 Å². The van der Waals surface area contributed by atoms with Crippen molar-refractivity contribution in [2.45, 2.75) is 38.5 Å². The molecule has 0 radical (unpaired) electrons. The third-order valence-corrected chi connectivity index (χ3v) is 4.27. The first-order valence-electron chi connectivity index (χ1n) is 7.96. The highest BCUT2D eigenvalue weighted by Crippen LogP contribution is 2.15. The number of nitrogens with two attached hydrogens (primary N) is 1. The number of carbonyl (C=O) groups is 2. The van der Waals surface area contributed by atoms with Crippen LogP contribution < -0.4 is 5.73 Å². The van der Waals surface area contributed by atoms with E-state index in [4.69, 9.17) is 15.2 Å². The minimum atomic E-state index is -0.501. The Bertz CT molecular complexity index is 580. The molecule has 3 heterocycles. The SMILES string of the molecule is NC(=O)c1cnc2n1CCN(C(=O)COC[C@@H]1CCCCO1)C2. The monoisotopic (exact) mass is 322 g/mol. The van der Waals surface area contributed by atoms with E-state index in [0.717, 1.165) is 25.9 Å². The van der Waals surface area contributed by atoms with E-state index in [2.05, 4.69) is 4.98 Å². The van der Waals surface area contributed by atoms with Crippen LogP contribution in [0.1, 0.15) is 35.6 Å². The summed E-state index contributed by atoms with van der Waals surface area (Å²) in [6.45, 7) is 2.69. The summed E-state index contributed by atoms with van der Waals surface area (Å²) in [6, 6.07) is 0. The first kappa shape index (κ1) is 15.9. The molecule has 1 fully saturated rings. The van der Waals surface area contributed by atoms with Crippen molar-refractivity contribution in [1.29, 1.82) is 0 Å². The van der Waals surface area contributed by atoms with Gasteiger partial charge < -0.3 is 24.7 Å². The molecule has 3 rings (SSSR count). The first-order valence-corrected chi connectivity index (χ1v) is 7.96. The highest BCUT2D eigenvalue weighted by molar-refractivity contribution is 5.91. The Balaban J connectivity index is 1.48. The van der Waals surface area contributed by atoms with Crippen molar-refractivity contribution >= 4 is 11.8 Å². The Kier molecular flexibility index (Phi) is 4.92. The van der Waals surface area contributed by atoms with E-state index in [9.17, 15) is 9.59 Å². The topological polar surface area (TPSA) is 99.7 Å².